The van der Waals surface area contributed by atoms with Gasteiger partial charge in [-0.3, -0.25) is 4.79 Å². The zero-order valence-electron chi connectivity index (χ0n) is 16.8. The van der Waals surface area contributed by atoms with Crippen LogP contribution in [0, 0.1) is 11.3 Å². The van der Waals surface area contributed by atoms with Gasteiger partial charge in [0.05, 0.1) is 25.7 Å². The lowest BCUT2D eigenvalue weighted by molar-refractivity contribution is 0.102. The maximum absolute atomic E-state index is 12.8. The fourth-order valence-electron chi connectivity index (χ4n) is 3.04. The van der Waals surface area contributed by atoms with Crippen molar-refractivity contribution in [2.45, 2.75) is 19.3 Å². The first-order valence-electron chi connectivity index (χ1n) is 9.02. The summed E-state index contributed by atoms with van der Waals surface area (Å²) in [5.74, 6) is 0.799. The number of hydrogen-bond donors (Lipinski definition) is 1. The molecule has 29 heavy (non-hydrogen) atoms. The third kappa shape index (κ3) is 4.25. The Kier molecular flexibility index (Phi) is 5.90. The molecule has 1 amide bonds. The molecule has 3 aromatic rings. The first kappa shape index (κ1) is 20.4. The van der Waals surface area contributed by atoms with Crippen molar-refractivity contribution in [3.63, 3.8) is 0 Å². The smallest absolute Gasteiger partial charge is 0.255 e. The fraction of sp³-hybridized carbons (Fsp3) is 0.217. The van der Waals surface area contributed by atoms with Crippen LogP contribution in [0.2, 0.25) is 0 Å². The van der Waals surface area contributed by atoms with Crippen molar-refractivity contribution in [3.8, 4) is 28.0 Å². The van der Waals surface area contributed by atoms with Crippen molar-refractivity contribution in [1.29, 1.82) is 5.26 Å². The predicted molar refractivity (Wildman–Crippen MR) is 116 cm³/mol. The monoisotopic (exact) mass is 406 g/mol. The summed E-state index contributed by atoms with van der Waals surface area (Å²) in [7, 11) is 3.08. The van der Waals surface area contributed by atoms with Crippen molar-refractivity contribution in [1.82, 2.24) is 0 Å². The van der Waals surface area contributed by atoms with Crippen LogP contribution in [-0.4, -0.2) is 20.1 Å². The number of carbonyl (C=O) groups is 1. The summed E-state index contributed by atoms with van der Waals surface area (Å²) in [5.41, 5.74) is 2.33. The van der Waals surface area contributed by atoms with Gasteiger partial charge in [-0.2, -0.15) is 5.26 Å². The largest absolute Gasteiger partial charge is 0.493 e. The van der Waals surface area contributed by atoms with Crippen molar-refractivity contribution in [2.24, 2.45) is 0 Å². The van der Waals surface area contributed by atoms with Gasteiger partial charge in [0.2, 0.25) is 0 Å². The number of carbonyl (C=O) groups excluding carboxylic acids is 1. The number of thiophene rings is 1. The van der Waals surface area contributed by atoms with Gasteiger partial charge < -0.3 is 14.8 Å². The van der Waals surface area contributed by atoms with E-state index in [2.05, 4.69) is 11.4 Å². The minimum Gasteiger partial charge on any atom is -0.493 e. The van der Waals surface area contributed by atoms with Crippen LogP contribution in [-0.2, 0) is 5.41 Å². The van der Waals surface area contributed by atoms with E-state index in [1.54, 1.807) is 36.6 Å². The summed E-state index contributed by atoms with van der Waals surface area (Å²) in [6.07, 6.45) is 0. The Balaban J connectivity index is 1.95. The van der Waals surface area contributed by atoms with E-state index in [-0.39, 0.29) is 5.91 Å². The van der Waals surface area contributed by atoms with Crippen molar-refractivity contribution >= 4 is 22.9 Å². The number of benzene rings is 2. The van der Waals surface area contributed by atoms with Crippen molar-refractivity contribution < 1.29 is 14.3 Å². The molecule has 0 aliphatic heterocycles. The van der Waals surface area contributed by atoms with Gasteiger partial charge in [0.1, 0.15) is 0 Å². The third-order valence-electron chi connectivity index (χ3n) is 4.66. The van der Waals surface area contributed by atoms with Gasteiger partial charge in [-0.05, 0) is 66.8 Å². The van der Waals surface area contributed by atoms with Gasteiger partial charge in [0.25, 0.3) is 5.91 Å². The quantitative estimate of drug-likeness (QED) is 0.588. The molecule has 1 N–H and O–H groups in total. The number of ether oxygens (including phenoxy) is 2. The van der Waals surface area contributed by atoms with Crippen LogP contribution in [0.5, 0.6) is 11.5 Å². The Hall–Kier alpha value is -3.30. The summed E-state index contributed by atoms with van der Waals surface area (Å²) in [4.78, 5) is 13.8. The second-order valence-corrected chi connectivity index (χ2v) is 7.95. The maximum atomic E-state index is 12.8. The zero-order chi connectivity index (χ0) is 21.0. The second-order valence-electron chi connectivity index (χ2n) is 7.00. The van der Waals surface area contributed by atoms with E-state index in [1.165, 1.54) is 7.11 Å². The van der Waals surface area contributed by atoms with Crippen LogP contribution in [0.4, 0.5) is 5.69 Å². The molecule has 0 atom stereocenters. The highest BCUT2D eigenvalue weighted by Gasteiger charge is 2.24. The van der Waals surface area contributed by atoms with Crippen molar-refractivity contribution in [3.05, 3.63) is 65.0 Å². The van der Waals surface area contributed by atoms with Crippen molar-refractivity contribution in [2.75, 3.05) is 19.5 Å². The molecule has 0 saturated carbocycles. The maximum Gasteiger partial charge on any atom is 0.255 e. The molecule has 0 aliphatic carbocycles. The molecule has 2 aromatic carbocycles. The average molecular weight is 407 g/mol. The minimum absolute atomic E-state index is 0.254. The topological polar surface area (TPSA) is 71.3 Å². The first-order chi connectivity index (χ1) is 13.9. The fourth-order valence-corrected chi connectivity index (χ4v) is 3.80. The van der Waals surface area contributed by atoms with Crippen LogP contribution in [0.25, 0.3) is 10.4 Å². The number of rotatable bonds is 6. The Bertz CT molecular complexity index is 1070. The van der Waals surface area contributed by atoms with E-state index >= 15 is 0 Å². The zero-order valence-corrected chi connectivity index (χ0v) is 17.6. The molecule has 0 unspecified atom stereocenters. The van der Waals surface area contributed by atoms with E-state index in [1.807, 2.05) is 49.6 Å². The van der Waals surface area contributed by atoms with Crippen LogP contribution < -0.4 is 14.8 Å². The van der Waals surface area contributed by atoms with E-state index in [4.69, 9.17) is 9.47 Å². The molecule has 0 radical (unpaired) electrons. The normalized spacial score (nSPS) is 10.9. The van der Waals surface area contributed by atoms with Crippen LogP contribution >= 0.6 is 11.3 Å². The third-order valence-corrected chi connectivity index (χ3v) is 5.57. The lowest BCUT2D eigenvalue weighted by Gasteiger charge is -2.21. The van der Waals surface area contributed by atoms with Crippen LogP contribution in [0.3, 0.4) is 0 Å². The molecule has 0 bridgehead atoms. The molecule has 0 fully saturated rings. The average Bonchev–Trinajstić information content (AvgIpc) is 3.27. The number of nitriles is 1. The molecule has 0 spiro atoms. The molecule has 6 heteroatoms. The number of nitrogens with one attached hydrogen (secondary N) is 1. The molecule has 0 saturated heterocycles. The lowest BCUT2D eigenvalue weighted by Crippen LogP contribution is -2.16. The first-order valence-corrected chi connectivity index (χ1v) is 9.90. The molecule has 5 nitrogen and oxygen atoms in total. The Morgan fingerprint density at radius 3 is 2.45 bits per heavy atom. The lowest BCUT2D eigenvalue weighted by atomic mass is 9.82. The molecule has 3 rings (SSSR count). The molecular formula is C23H22N2O3S. The Morgan fingerprint density at radius 1 is 1.07 bits per heavy atom. The standard InChI is InChI=1S/C23H22N2O3S/c1-23(2,14-24)18-9-8-16(13-17(18)21-6-5-11-29-21)25-22(26)15-7-10-19(27-3)20(12-15)28-4/h5-13H,1-4H3,(H,25,26). The Labute approximate surface area is 174 Å². The van der Waals surface area contributed by atoms with Gasteiger partial charge in [0.15, 0.2) is 11.5 Å². The Morgan fingerprint density at radius 2 is 1.83 bits per heavy atom. The molecule has 1 aromatic heterocycles. The van der Waals surface area contributed by atoms with E-state index in [9.17, 15) is 10.1 Å². The highest BCUT2D eigenvalue weighted by Crippen LogP contribution is 2.37. The van der Waals surface area contributed by atoms with Gasteiger partial charge >= 0.3 is 0 Å². The summed E-state index contributed by atoms with van der Waals surface area (Å²) < 4.78 is 10.5. The van der Waals surface area contributed by atoms with Gasteiger partial charge in [-0.1, -0.05) is 12.1 Å². The highest BCUT2D eigenvalue weighted by atomic mass is 32.1. The van der Waals surface area contributed by atoms with Gasteiger partial charge in [-0.15, -0.1) is 11.3 Å². The minimum atomic E-state index is -0.648. The van der Waals surface area contributed by atoms with Gasteiger partial charge in [0, 0.05) is 16.1 Å². The summed E-state index contributed by atoms with van der Waals surface area (Å²) in [6.45, 7) is 3.78. The summed E-state index contributed by atoms with van der Waals surface area (Å²) in [5, 5.41) is 14.5. The highest BCUT2D eigenvalue weighted by molar-refractivity contribution is 7.13. The number of amides is 1. The molecule has 1 heterocycles. The molecular weight excluding hydrogens is 384 g/mol. The summed E-state index contributed by atoms with van der Waals surface area (Å²) >= 11 is 1.60. The van der Waals surface area contributed by atoms with Gasteiger partial charge in [-0.25, -0.2) is 0 Å². The van der Waals surface area contributed by atoms with E-state index < -0.39 is 5.41 Å². The van der Waals surface area contributed by atoms with E-state index in [0.717, 1.165) is 16.0 Å². The molecule has 0 aliphatic rings. The predicted octanol–water partition coefficient (Wildman–Crippen LogP) is 5.49. The SMILES string of the molecule is COc1ccc(C(=O)Nc2ccc(C(C)(C)C#N)c(-c3cccs3)c2)cc1OC. The number of methoxy groups -OCH3 is 2. The van der Waals surface area contributed by atoms with Crippen LogP contribution in [0.15, 0.2) is 53.9 Å². The number of nitrogens with zero attached hydrogens (tertiary/aromatic N) is 1. The van der Waals surface area contributed by atoms with Crippen LogP contribution in [0.1, 0.15) is 29.8 Å². The molecule has 148 valence electrons. The number of anilines is 1. The number of hydrogen-bond acceptors (Lipinski definition) is 5. The second kappa shape index (κ2) is 8.38. The van der Waals surface area contributed by atoms with E-state index in [0.29, 0.717) is 22.7 Å². The summed E-state index contributed by atoms with van der Waals surface area (Å²) in [6, 6.07) is 17.0.